The van der Waals surface area contributed by atoms with Gasteiger partial charge in [-0.3, -0.25) is 14.4 Å². The van der Waals surface area contributed by atoms with Gasteiger partial charge < -0.3 is 45.0 Å². The zero-order valence-electron chi connectivity index (χ0n) is 33.3. The number of hydrogen-bond acceptors (Lipinski definition) is 9. The Labute approximate surface area is 337 Å². The predicted octanol–water partition coefficient (Wildman–Crippen LogP) is 4.45. The minimum atomic E-state index is -1.22. The number of amides is 4. The van der Waals surface area contributed by atoms with Crippen molar-refractivity contribution in [2.24, 2.45) is 0 Å². The van der Waals surface area contributed by atoms with Crippen molar-refractivity contribution in [2.75, 3.05) is 0 Å². The van der Waals surface area contributed by atoms with Gasteiger partial charge in [-0.2, -0.15) is 0 Å². The first-order valence-electron chi connectivity index (χ1n) is 19.0. The van der Waals surface area contributed by atoms with Crippen LogP contribution in [-0.4, -0.2) is 74.1 Å². The lowest BCUT2D eigenvalue weighted by atomic mass is 10.0. The van der Waals surface area contributed by atoms with Crippen molar-refractivity contribution in [3.05, 3.63) is 126 Å². The van der Waals surface area contributed by atoms with Crippen LogP contribution in [0, 0.1) is 0 Å². The highest BCUT2D eigenvalue weighted by Crippen LogP contribution is 2.20. The highest BCUT2D eigenvalue weighted by molar-refractivity contribution is 5.95. The number of para-hydroxylation sites is 1. The maximum absolute atomic E-state index is 13.8. The molecular formula is C43H51N7O8. The highest BCUT2D eigenvalue weighted by atomic mass is 16.6. The number of ether oxygens (including phenoxy) is 3. The Morgan fingerprint density at radius 2 is 1.33 bits per heavy atom. The summed E-state index contributed by atoms with van der Waals surface area (Å²) in [6.45, 7) is 8.66. The average Bonchev–Trinajstić information content (AvgIpc) is 3.82. The van der Waals surface area contributed by atoms with Gasteiger partial charge in [0.05, 0.1) is 18.6 Å². The second kappa shape index (κ2) is 20.1. The fraction of sp³-hybridized carbons (Fsp3) is 0.349. The molecule has 5 rings (SSSR count). The summed E-state index contributed by atoms with van der Waals surface area (Å²) in [4.78, 5) is 74.5. The summed E-state index contributed by atoms with van der Waals surface area (Å²) in [5, 5.41) is 11.5. The molecule has 4 amide bonds. The number of nitrogens with zero attached hydrogens (tertiary/aromatic N) is 2. The number of benzene rings is 3. The summed E-state index contributed by atoms with van der Waals surface area (Å²) in [6.07, 6.45) is 4.23. The van der Waals surface area contributed by atoms with Gasteiger partial charge in [0.2, 0.25) is 17.7 Å². The Balaban J connectivity index is 1.26. The van der Waals surface area contributed by atoms with Crippen molar-refractivity contribution in [3.8, 4) is 0 Å². The molecule has 0 fully saturated rings. The summed E-state index contributed by atoms with van der Waals surface area (Å²) in [7, 11) is 0. The Morgan fingerprint density at radius 3 is 2.00 bits per heavy atom. The number of fused-ring (bicyclic) bond motifs is 1. The van der Waals surface area contributed by atoms with Crippen LogP contribution in [0.15, 0.2) is 104 Å². The third-order valence-electron chi connectivity index (χ3n) is 8.88. The van der Waals surface area contributed by atoms with Gasteiger partial charge in [-0.25, -0.2) is 14.6 Å². The fourth-order valence-electron chi connectivity index (χ4n) is 5.93. The number of carbonyl (C=O) groups excluding carboxylic acids is 5. The third kappa shape index (κ3) is 13.0. The zero-order chi connectivity index (χ0) is 41.7. The molecule has 58 heavy (non-hydrogen) atoms. The normalized spacial score (nSPS) is 13.4. The Kier molecular flexibility index (Phi) is 14.8. The summed E-state index contributed by atoms with van der Waals surface area (Å²) in [5.41, 5.74) is 3.04. The molecule has 4 atom stereocenters. The molecule has 0 aliphatic carbocycles. The second-order valence-corrected chi connectivity index (χ2v) is 14.9. The Bertz CT molecular complexity index is 2150. The van der Waals surface area contributed by atoms with Crippen molar-refractivity contribution >= 4 is 40.7 Å². The number of imidazole rings is 1. The van der Waals surface area contributed by atoms with Gasteiger partial charge in [-0.05, 0) is 57.4 Å². The van der Waals surface area contributed by atoms with Gasteiger partial charge in [-0.15, -0.1) is 0 Å². The number of rotatable bonds is 18. The van der Waals surface area contributed by atoms with Crippen LogP contribution in [0.25, 0.3) is 10.9 Å². The quantitative estimate of drug-likeness (QED) is 0.0797. The van der Waals surface area contributed by atoms with E-state index in [0.29, 0.717) is 12.3 Å². The lowest BCUT2D eigenvalue weighted by Gasteiger charge is -2.25. The molecule has 2 aromatic heterocycles. The molecule has 0 aliphatic heterocycles. The molecule has 0 aliphatic rings. The van der Waals surface area contributed by atoms with E-state index < -0.39 is 59.6 Å². The molecule has 0 radical (unpaired) electrons. The molecular weight excluding hydrogens is 743 g/mol. The number of aromatic nitrogens is 3. The standard InChI is InChI=1S/C43H51N7O8/c1-28(46-39(52)36(49-42(55)58-43(3,4)5)20-32-22-44-35-19-13-12-18-34(32)35)38(51)48-37(40(53)47-29(2)41(54)57-25-31-16-10-7-11-17-31)21-33-23-50(26-45-33)27-56-24-30-14-8-6-9-15-30/h6-19,22-23,26,28-29,36-37,44H,20-21,24-25,27H2,1-5H3,(H,46,52)(H,47,53)(H,48,51)(H,49,55)/t28-,29-,36+,37+/m1/s1. The number of hydrogen-bond donors (Lipinski definition) is 5. The highest BCUT2D eigenvalue weighted by Gasteiger charge is 2.31. The monoisotopic (exact) mass is 793 g/mol. The first-order valence-corrected chi connectivity index (χ1v) is 19.0. The molecule has 306 valence electrons. The molecule has 5 N–H and O–H groups in total. The zero-order valence-corrected chi connectivity index (χ0v) is 33.3. The maximum atomic E-state index is 13.8. The van der Waals surface area contributed by atoms with E-state index in [1.54, 1.807) is 44.1 Å². The van der Waals surface area contributed by atoms with Gasteiger partial charge in [0.1, 0.15) is 43.1 Å². The van der Waals surface area contributed by atoms with E-state index in [9.17, 15) is 24.0 Å². The summed E-state index contributed by atoms with van der Waals surface area (Å²) in [5.74, 6) is -2.68. The van der Waals surface area contributed by atoms with Crippen LogP contribution >= 0.6 is 0 Å². The Hall–Kier alpha value is -6.48. The number of nitrogens with one attached hydrogen (secondary N) is 5. The smallest absolute Gasteiger partial charge is 0.408 e. The number of aromatic amines is 1. The molecule has 15 nitrogen and oxygen atoms in total. The van der Waals surface area contributed by atoms with Gasteiger partial charge in [-0.1, -0.05) is 78.9 Å². The Morgan fingerprint density at radius 1 is 0.724 bits per heavy atom. The predicted molar refractivity (Wildman–Crippen MR) is 216 cm³/mol. The van der Waals surface area contributed by atoms with E-state index in [4.69, 9.17) is 14.2 Å². The molecule has 0 saturated heterocycles. The molecule has 15 heteroatoms. The van der Waals surface area contributed by atoms with Crippen LogP contribution in [0.4, 0.5) is 4.79 Å². The van der Waals surface area contributed by atoms with Gasteiger partial charge in [0.25, 0.3) is 0 Å². The van der Waals surface area contributed by atoms with Crippen molar-refractivity contribution in [2.45, 2.75) is 97.2 Å². The van der Waals surface area contributed by atoms with E-state index in [-0.39, 0.29) is 26.2 Å². The molecule has 0 bridgehead atoms. The van der Waals surface area contributed by atoms with Crippen LogP contribution in [0.5, 0.6) is 0 Å². The fourth-order valence-corrected chi connectivity index (χ4v) is 5.93. The first-order chi connectivity index (χ1) is 27.7. The van der Waals surface area contributed by atoms with Gasteiger partial charge in [0, 0.05) is 36.1 Å². The second-order valence-electron chi connectivity index (χ2n) is 14.9. The third-order valence-corrected chi connectivity index (χ3v) is 8.88. The largest absolute Gasteiger partial charge is 0.459 e. The lowest BCUT2D eigenvalue weighted by molar-refractivity contribution is -0.148. The molecule has 0 saturated carbocycles. The lowest BCUT2D eigenvalue weighted by Crippen LogP contribution is -2.57. The molecule has 0 unspecified atom stereocenters. The maximum Gasteiger partial charge on any atom is 0.408 e. The average molecular weight is 794 g/mol. The van der Waals surface area contributed by atoms with E-state index in [2.05, 4.69) is 31.2 Å². The number of H-pyrrole nitrogens is 1. The van der Waals surface area contributed by atoms with E-state index in [1.165, 1.54) is 13.8 Å². The van der Waals surface area contributed by atoms with E-state index in [1.807, 2.05) is 84.9 Å². The molecule has 5 aromatic rings. The first kappa shape index (κ1) is 42.7. The topological polar surface area (TPSA) is 195 Å². The minimum Gasteiger partial charge on any atom is -0.459 e. The van der Waals surface area contributed by atoms with Crippen LogP contribution in [0.3, 0.4) is 0 Å². The van der Waals surface area contributed by atoms with Crippen LogP contribution in [-0.2, 0) is 66.2 Å². The molecule has 0 spiro atoms. The number of alkyl carbamates (subject to hydrolysis) is 1. The summed E-state index contributed by atoms with van der Waals surface area (Å²) >= 11 is 0. The van der Waals surface area contributed by atoms with Crippen LogP contribution in [0.1, 0.15) is 57.0 Å². The summed E-state index contributed by atoms with van der Waals surface area (Å²) < 4.78 is 18.3. The summed E-state index contributed by atoms with van der Waals surface area (Å²) in [6, 6.07) is 21.8. The molecule has 2 heterocycles. The van der Waals surface area contributed by atoms with Crippen molar-refractivity contribution < 1.29 is 38.2 Å². The minimum absolute atomic E-state index is 0.0190. The van der Waals surface area contributed by atoms with Crippen molar-refractivity contribution in [1.82, 2.24) is 35.8 Å². The van der Waals surface area contributed by atoms with Gasteiger partial charge in [0.15, 0.2) is 0 Å². The molecule has 3 aromatic carbocycles. The van der Waals surface area contributed by atoms with Crippen molar-refractivity contribution in [1.29, 1.82) is 0 Å². The number of carbonyl (C=O) groups is 5. The SMILES string of the molecule is C[C@@H](NC(=O)[C@H](Cc1c[nH]c2ccccc12)NC(=O)OC(C)(C)C)C(=O)N[C@@H](Cc1cn(COCc2ccccc2)cn1)C(=O)N[C@H](C)C(=O)OCc1ccccc1. The number of esters is 1. The van der Waals surface area contributed by atoms with E-state index in [0.717, 1.165) is 27.6 Å². The van der Waals surface area contributed by atoms with Gasteiger partial charge >= 0.3 is 12.1 Å². The van der Waals surface area contributed by atoms with Crippen molar-refractivity contribution in [3.63, 3.8) is 0 Å². The van der Waals surface area contributed by atoms with Crippen LogP contribution < -0.4 is 21.3 Å². The van der Waals surface area contributed by atoms with Crippen LogP contribution in [0.2, 0.25) is 0 Å². The van der Waals surface area contributed by atoms with E-state index >= 15 is 0 Å².